The molecule has 2 aliphatic heterocycles. The van der Waals surface area contributed by atoms with Gasteiger partial charge >= 0.3 is 0 Å². The molecule has 1 atom stereocenters. The number of benzene rings is 1. The summed E-state index contributed by atoms with van der Waals surface area (Å²) in [4.78, 5) is 14.7. The van der Waals surface area contributed by atoms with Crippen LogP contribution in [0.15, 0.2) is 18.2 Å². The molecule has 124 valence electrons. The van der Waals surface area contributed by atoms with Crippen molar-refractivity contribution in [3.05, 3.63) is 23.8 Å². The molecule has 1 amide bonds. The molecule has 1 saturated heterocycles. The van der Waals surface area contributed by atoms with Gasteiger partial charge in [-0.15, -0.1) is 11.8 Å². The molecular formula is C18H23NO3S. The summed E-state index contributed by atoms with van der Waals surface area (Å²) in [6, 6.07) is 6.05. The fourth-order valence-corrected chi connectivity index (χ4v) is 5.11. The maximum Gasteiger partial charge on any atom is 0.231 e. The summed E-state index contributed by atoms with van der Waals surface area (Å²) in [5, 5.41) is 0.126. The summed E-state index contributed by atoms with van der Waals surface area (Å²) in [7, 11) is 0. The van der Waals surface area contributed by atoms with E-state index in [0.717, 1.165) is 41.7 Å². The Morgan fingerprint density at radius 1 is 1.22 bits per heavy atom. The predicted molar refractivity (Wildman–Crippen MR) is 90.7 cm³/mol. The highest BCUT2D eigenvalue weighted by Crippen LogP contribution is 2.42. The number of ether oxygens (including phenoxy) is 2. The molecule has 0 radical (unpaired) electrons. The zero-order chi connectivity index (χ0) is 15.6. The topological polar surface area (TPSA) is 38.8 Å². The lowest BCUT2D eigenvalue weighted by atomic mass is 10.0. The normalized spacial score (nSPS) is 23.7. The van der Waals surface area contributed by atoms with Gasteiger partial charge in [0, 0.05) is 18.7 Å². The maximum atomic E-state index is 12.7. The van der Waals surface area contributed by atoms with Crippen molar-refractivity contribution >= 4 is 17.7 Å². The van der Waals surface area contributed by atoms with Crippen LogP contribution in [0.4, 0.5) is 0 Å². The number of rotatable bonds is 4. The number of carbonyl (C=O) groups excluding carboxylic acids is 1. The average molecular weight is 333 g/mol. The Bertz CT molecular complexity index is 586. The van der Waals surface area contributed by atoms with Gasteiger partial charge in [0.05, 0.1) is 0 Å². The van der Waals surface area contributed by atoms with Crippen molar-refractivity contribution in [3.63, 3.8) is 0 Å². The average Bonchev–Trinajstić information content (AvgIpc) is 3.32. The quantitative estimate of drug-likeness (QED) is 0.836. The fraction of sp³-hybridized carbons (Fsp3) is 0.611. The van der Waals surface area contributed by atoms with Crippen LogP contribution in [0, 0.1) is 5.92 Å². The van der Waals surface area contributed by atoms with Gasteiger partial charge in [-0.3, -0.25) is 4.79 Å². The van der Waals surface area contributed by atoms with E-state index in [9.17, 15) is 4.79 Å². The van der Waals surface area contributed by atoms with Crippen LogP contribution in [-0.2, 0) is 4.79 Å². The molecule has 2 fully saturated rings. The molecule has 0 N–H and O–H groups in total. The Labute approximate surface area is 141 Å². The van der Waals surface area contributed by atoms with Gasteiger partial charge in [-0.25, -0.2) is 0 Å². The van der Waals surface area contributed by atoms with E-state index in [1.807, 2.05) is 23.9 Å². The Balaban J connectivity index is 1.42. The number of thioether (sulfide) groups is 1. The second-order valence-electron chi connectivity index (χ2n) is 6.61. The minimum Gasteiger partial charge on any atom is -0.454 e. The van der Waals surface area contributed by atoms with Crippen LogP contribution in [0.3, 0.4) is 0 Å². The Kier molecular flexibility index (Phi) is 4.38. The van der Waals surface area contributed by atoms with E-state index in [1.54, 1.807) is 0 Å². The number of hydrogen-bond acceptors (Lipinski definition) is 4. The molecule has 23 heavy (non-hydrogen) atoms. The second-order valence-corrected chi connectivity index (χ2v) is 7.80. The second kappa shape index (κ2) is 6.63. The summed E-state index contributed by atoms with van der Waals surface area (Å²) in [5.74, 6) is 3.70. The number of fused-ring (bicyclic) bond motifs is 1. The van der Waals surface area contributed by atoms with Gasteiger partial charge in [-0.2, -0.15) is 0 Å². The maximum absolute atomic E-state index is 12.7. The lowest BCUT2D eigenvalue weighted by molar-refractivity contribution is -0.131. The van der Waals surface area contributed by atoms with Crippen LogP contribution in [0.25, 0.3) is 0 Å². The summed E-state index contributed by atoms with van der Waals surface area (Å²) in [6.45, 7) is 1.15. The van der Waals surface area contributed by atoms with Crippen LogP contribution >= 0.6 is 11.8 Å². The Morgan fingerprint density at radius 3 is 2.91 bits per heavy atom. The monoisotopic (exact) mass is 333 g/mol. The van der Waals surface area contributed by atoms with E-state index in [4.69, 9.17) is 9.47 Å². The van der Waals surface area contributed by atoms with E-state index in [0.29, 0.717) is 19.1 Å². The van der Waals surface area contributed by atoms with Gasteiger partial charge in [-0.1, -0.05) is 31.7 Å². The van der Waals surface area contributed by atoms with Crippen LogP contribution < -0.4 is 9.47 Å². The Hall–Kier alpha value is -1.36. The minimum absolute atomic E-state index is 0.126. The smallest absolute Gasteiger partial charge is 0.231 e. The van der Waals surface area contributed by atoms with Gasteiger partial charge in [0.2, 0.25) is 12.7 Å². The SMILES string of the molecule is O=C(CCC1CCCC1)N1CCSC1c1ccc2c(c1)OCO2. The molecule has 1 aromatic rings. The first-order valence-electron chi connectivity index (χ1n) is 8.62. The van der Waals surface area contributed by atoms with E-state index in [2.05, 4.69) is 11.0 Å². The zero-order valence-corrected chi connectivity index (χ0v) is 14.1. The lowest BCUT2D eigenvalue weighted by Crippen LogP contribution is -2.30. The first kappa shape index (κ1) is 15.2. The van der Waals surface area contributed by atoms with E-state index >= 15 is 0 Å². The standard InChI is InChI=1S/C18H23NO3S/c20-17(8-5-13-3-1-2-4-13)19-9-10-23-18(19)14-6-7-15-16(11-14)22-12-21-15/h6-7,11,13,18H,1-5,8-10,12H2. The fourth-order valence-electron chi connectivity index (χ4n) is 3.84. The number of hydrogen-bond donors (Lipinski definition) is 0. The van der Waals surface area contributed by atoms with Crippen molar-refractivity contribution in [1.82, 2.24) is 4.90 Å². The molecule has 0 spiro atoms. The van der Waals surface area contributed by atoms with E-state index < -0.39 is 0 Å². The molecule has 1 aromatic carbocycles. The number of nitrogens with zero attached hydrogens (tertiary/aromatic N) is 1. The predicted octanol–water partition coefficient (Wildman–Crippen LogP) is 3.96. The zero-order valence-electron chi connectivity index (χ0n) is 13.3. The van der Waals surface area contributed by atoms with Crippen molar-refractivity contribution in [2.45, 2.75) is 43.9 Å². The van der Waals surface area contributed by atoms with E-state index in [1.165, 1.54) is 25.7 Å². The summed E-state index contributed by atoms with van der Waals surface area (Å²) in [5.41, 5.74) is 1.14. The molecule has 2 heterocycles. The van der Waals surface area contributed by atoms with Crippen molar-refractivity contribution in [2.75, 3.05) is 19.1 Å². The van der Waals surface area contributed by atoms with Crippen LogP contribution in [-0.4, -0.2) is 29.9 Å². The van der Waals surface area contributed by atoms with Gasteiger partial charge in [0.1, 0.15) is 5.37 Å². The minimum atomic E-state index is 0.126. The summed E-state index contributed by atoms with van der Waals surface area (Å²) in [6.07, 6.45) is 7.08. The highest BCUT2D eigenvalue weighted by Gasteiger charge is 2.32. The first-order valence-corrected chi connectivity index (χ1v) is 9.67. The van der Waals surface area contributed by atoms with Crippen LogP contribution in [0.1, 0.15) is 49.5 Å². The third-order valence-electron chi connectivity index (χ3n) is 5.13. The molecule has 4 rings (SSSR count). The third-order valence-corrected chi connectivity index (χ3v) is 6.39. The lowest BCUT2D eigenvalue weighted by Gasteiger charge is -2.25. The molecule has 3 aliphatic rings. The van der Waals surface area contributed by atoms with E-state index in [-0.39, 0.29) is 5.37 Å². The molecule has 1 saturated carbocycles. The molecule has 4 nitrogen and oxygen atoms in total. The van der Waals surface area contributed by atoms with Crippen LogP contribution in [0.2, 0.25) is 0 Å². The van der Waals surface area contributed by atoms with Crippen molar-refractivity contribution in [1.29, 1.82) is 0 Å². The van der Waals surface area contributed by atoms with Crippen molar-refractivity contribution in [3.8, 4) is 11.5 Å². The molecule has 0 aromatic heterocycles. The number of carbonyl (C=O) groups is 1. The van der Waals surface area contributed by atoms with Crippen molar-refractivity contribution < 1.29 is 14.3 Å². The largest absolute Gasteiger partial charge is 0.454 e. The van der Waals surface area contributed by atoms with Crippen molar-refractivity contribution in [2.24, 2.45) is 5.92 Å². The third kappa shape index (κ3) is 3.16. The first-order chi connectivity index (χ1) is 11.3. The highest BCUT2D eigenvalue weighted by atomic mass is 32.2. The molecular weight excluding hydrogens is 310 g/mol. The molecule has 5 heteroatoms. The molecule has 0 bridgehead atoms. The van der Waals surface area contributed by atoms with Gasteiger partial charge < -0.3 is 14.4 Å². The van der Waals surface area contributed by atoms with Gasteiger partial charge in [0.15, 0.2) is 11.5 Å². The molecule has 1 aliphatic carbocycles. The summed E-state index contributed by atoms with van der Waals surface area (Å²) < 4.78 is 10.9. The molecule has 1 unspecified atom stereocenters. The van der Waals surface area contributed by atoms with Gasteiger partial charge in [-0.05, 0) is 30.0 Å². The summed E-state index contributed by atoms with van der Waals surface area (Å²) >= 11 is 1.84. The number of amides is 1. The highest BCUT2D eigenvalue weighted by molar-refractivity contribution is 7.99. The Morgan fingerprint density at radius 2 is 2.04 bits per heavy atom. The van der Waals surface area contributed by atoms with Gasteiger partial charge in [0.25, 0.3) is 0 Å². The van der Waals surface area contributed by atoms with Crippen LogP contribution in [0.5, 0.6) is 11.5 Å².